The highest BCUT2D eigenvalue weighted by atomic mass is 16.6. The van der Waals surface area contributed by atoms with Crippen LogP contribution in [0.4, 0.5) is 0 Å². The van der Waals surface area contributed by atoms with Crippen LogP contribution in [0.5, 0.6) is 0 Å². The molecule has 0 aromatic heterocycles. The Bertz CT molecular complexity index is 1410. The van der Waals surface area contributed by atoms with Crippen LogP contribution in [0.1, 0.15) is 400 Å². The van der Waals surface area contributed by atoms with Crippen molar-refractivity contribution in [2.75, 3.05) is 13.2 Å². The van der Waals surface area contributed by atoms with Gasteiger partial charge in [0.2, 0.25) is 0 Å². The van der Waals surface area contributed by atoms with Gasteiger partial charge < -0.3 is 14.2 Å². The lowest BCUT2D eigenvalue weighted by Gasteiger charge is -2.18. The molecule has 0 aliphatic rings. The van der Waals surface area contributed by atoms with E-state index in [4.69, 9.17) is 14.2 Å². The fraction of sp³-hybridized carbons (Fsp3) is 0.855. The van der Waals surface area contributed by atoms with Crippen LogP contribution in [-0.4, -0.2) is 37.2 Å². The fourth-order valence-corrected chi connectivity index (χ4v) is 11.0. The third-order valence-electron chi connectivity index (χ3n) is 16.6. The molecule has 0 aromatic carbocycles. The van der Waals surface area contributed by atoms with Crippen molar-refractivity contribution in [3.63, 3.8) is 0 Å². The Kier molecular flexibility index (Phi) is 68.6. The Hall–Kier alpha value is -2.63. The second-order valence-corrected chi connectivity index (χ2v) is 24.9. The molecule has 0 aliphatic heterocycles. The van der Waals surface area contributed by atoms with E-state index >= 15 is 0 Å². The second-order valence-electron chi connectivity index (χ2n) is 24.9. The summed E-state index contributed by atoms with van der Waals surface area (Å²) >= 11 is 0. The first-order chi connectivity index (χ1) is 40.5. The third kappa shape index (κ3) is 68.2. The lowest BCUT2D eigenvalue weighted by Crippen LogP contribution is -2.30. The van der Waals surface area contributed by atoms with E-state index in [9.17, 15) is 14.4 Å². The molecule has 480 valence electrons. The molecular weight excluding hydrogens is 1010 g/mol. The number of esters is 3. The van der Waals surface area contributed by atoms with Gasteiger partial charge in [0.05, 0.1) is 0 Å². The molecule has 1 atom stereocenters. The molecule has 6 nitrogen and oxygen atoms in total. The topological polar surface area (TPSA) is 78.9 Å². The lowest BCUT2D eigenvalue weighted by molar-refractivity contribution is -0.167. The average Bonchev–Trinajstić information content (AvgIpc) is 3.47. The Morgan fingerprint density at radius 3 is 0.695 bits per heavy atom. The highest BCUT2D eigenvalue weighted by Gasteiger charge is 2.19. The molecule has 6 heteroatoms. The van der Waals surface area contributed by atoms with Crippen LogP contribution in [0, 0.1) is 0 Å². The first-order valence-electron chi connectivity index (χ1n) is 36.6. The van der Waals surface area contributed by atoms with Crippen molar-refractivity contribution in [3.05, 3.63) is 48.6 Å². The van der Waals surface area contributed by atoms with Crippen molar-refractivity contribution >= 4 is 17.9 Å². The maximum absolute atomic E-state index is 13.0. The van der Waals surface area contributed by atoms with Gasteiger partial charge in [0, 0.05) is 19.3 Å². The number of hydrogen-bond donors (Lipinski definition) is 0. The van der Waals surface area contributed by atoms with Crippen LogP contribution >= 0.6 is 0 Å². The summed E-state index contributed by atoms with van der Waals surface area (Å²) in [7, 11) is 0. The van der Waals surface area contributed by atoms with Gasteiger partial charge in [-0.3, -0.25) is 14.4 Å². The summed E-state index contributed by atoms with van der Waals surface area (Å²) in [6.07, 6.45) is 90.0. The highest BCUT2D eigenvalue weighted by Crippen LogP contribution is 2.18. The van der Waals surface area contributed by atoms with Crippen molar-refractivity contribution in [2.45, 2.75) is 406 Å². The number of hydrogen-bond acceptors (Lipinski definition) is 6. The zero-order chi connectivity index (χ0) is 59.2. The van der Waals surface area contributed by atoms with Crippen LogP contribution in [0.3, 0.4) is 0 Å². The van der Waals surface area contributed by atoms with E-state index in [-0.39, 0.29) is 31.1 Å². The standard InChI is InChI=1S/C76H140O6/c1-4-7-10-13-16-19-22-25-28-30-32-33-34-35-36-37-38-39-40-41-42-43-45-46-48-51-54-57-60-63-66-69-75(78)81-72-73(71-80-74(77)68-65-62-59-56-53-50-27-24-21-18-15-12-9-6-3)82-76(79)70-67-64-61-58-55-52-49-47-44-31-29-26-23-20-17-14-11-8-5-2/h22,25-26,29-30,32,34-35,73H,4-21,23-24,27-28,31,33,36-72H2,1-3H3/b25-22-,29-26-,32-30-,35-34-. The van der Waals surface area contributed by atoms with Crippen LogP contribution in [0.15, 0.2) is 48.6 Å². The normalized spacial score (nSPS) is 12.3. The van der Waals surface area contributed by atoms with Crippen molar-refractivity contribution < 1.29 is 28.6 Å². The minimum atomic E-state index is -0.772. The van der Waals surface area contributed by atoms with Gasteiger partial charge in [-0.1, -0.05) is 345 Å². The van der Waals surface area contributed by atoms with Gasteiger partial charge in [-0.05, 0) is 83.5 Å². The first-order valence-corrected chi connectivity index (χ1v) is 36.6. The number of carbonyl (C=O) groups is 3. The molecule has 1 unspecified atom stereocenters. The maximum Gasteiger partial charge on any atom is 0.306 e. The van der Waals surface area contributed by atoms with Crippen molar-refractivity contribution in [3.8, 4) is 0 Å². The molecule has 0 spiro atoms. The molecule has 0 amide bonds. The summed E-state index contributed by atoms with van der Waals surface area (Å²) in [6, 6.07) is 0. The fourth-order valence-electron chi connectivity index (χ4n) is 11.0. The average molecular weight is 1150 g/mol. The van der Waals surface area contributed by atoms with Crippen molar-refractivity contribution in [1.29, 1.82) is 0 Å². The number of carbonyl (C=O) groups excluding carboxylic acids is 3. The molecule has 0 saturated carbocycles. The molecule has 0 heterocycles. The highest BCUT2D eigenvalue weighted by molar-refractivity contribution is 5.71. The van der Waals surface area contributed by atoms with Gasteiger partial charge in [-0.2, -0.15) is 0 Å². The smallest absolute Gasteiger partial charge is 0.306 e. The van der Waals surface area contributed by atoms with Gasteiger partial charge in [0.15, 0.2) is 6.10 Å². The molecular formula is C76H140O6. The second kappa shape index (κ2) is 70.9. The van der Waals surface area contributed by atoms with Gasteiger partial charge in [0.25, 0.3) is 0 Å². The lowest BCUT2D eigenvalue weighted by atomic mass is 10.0. The molecule has 0 bridgehead atoms. The van der Waals surface area contributed by atoms with E-state index in [0.29, 0.717) is 19.3 Å². The zero-order valence-corrected chi connectivity index (χ0v) is 55.3. The Morgan fingerprint density at radius 1 is 0.244 bits per heavy atom. The quantitative estimate of drug-likeness (QED) is 0.0261. The van der Waals surface area contributed by atoms with E-state index in [1.165, 1.54) is 289 Å². The summed E-state index contributed by atoms with van der Waals surface area (Å²) in [5, 5.41) is 0. The van der Waals surface area contributed by atoms with Crippen LogP contribution in [0.25, 0.3) is 0 Å². The number of allylic oxidation sites excluding steroid dienone is 8. The number of unbranched alkanes of at least 4 members (excludes halogenated alkanes) is 49. The molecule has 0 aromatic rings. The molecule has 0 fully saturated rings. The molecule has 0 radical (unpaired) electrons. The van der Waals surface area contributed by atoms with Crippen LogP contribution in [0.2, 0.25) is 0 Å². The largest absolute Gasteiger partial charge is 0.462 e. The van der Waals surface area contributed by atoms with Gasteiger partial charge in [0.1, 0.15) is 13.2 Å². The van der Waals surface area contributed by atoms with Gasteiger partial charge in [-0.25, -0.2) is 0 Å². The summed E-state index contributed by atoms with van der Waals surface area (Å²) in [4.78, 5) is 38.5. The summed E-state index contributed by atoms with van der Waals surface area (Å²) in [5.74, 6) is -0.841. The van der Waals surface area contributed by atoms with E-state index in [1.54, 1.807) is 0 Å². The van der Waals surface area contributed by atoms with Crippen LogP contribution < -0.4 is 0 Å². The summed E-state index contributed by atoms with van der Waals surface area (Å²) in [5.41, 5.74) is 0. The van der Waals surface area contributed by atoms with E-state index < -0.39 is 6.10 Å². The van der Waals surface area contributed by atoms with E-state index in [2.05, 4.69) is 69.4 Å². The monoisotopic (exact) mass is 1150 g/mol. The molecule has 82 heavy (non-hydrogen) atoms. The maximum atomic E-state index is 13.0. The van der Waals surface area contributed by atoms with Gasteiger partial charge in [-0.15, -0.1) is 0 Å². The Morgan fingerprint density at radius 2 is 0.439 bits per heavy atom. The zero-order valence-electron chi connectivity index (χ0n) is 55.3. The number of rotatable bonds is 68. The predicted molar refractivity (Wildman–Crippen MR) is 358 cm³/mol. The van der Waals surface area contributed by atoms with Crippen molar-refractivity contribution in [2.24, 2.45) is 0 Å². The number of ether oxygens (including phenoxy) is 3. The molecule has 0 saturated heterocycles. The summed E-state index contributed by atoms with van der Waals surface area (Å²) < 4.78 is 17.0. The Labute approximate surface area is 511 Å². The SMILES string of the molecule is CCCCCCC/C=C\C/C=C\C/C=C\CCCCCCCCCCCCCCCCCCC(=O)OCC(COC(=O)CCCCCCCCCCCCCCCC)OC(=O)CCCCCCCCCCC/C=C\CCCCCCCC. The van der Waals surface area contributed by atoms with Crippen LogP contribution in [-0.2, 0) is 28.6 Å². The minimum Gasteiger partial charge on any atom is -0.462 e. The third-order valence-corrected chi connectivity index (χ3v) is 16.6. The van der Waals surface area contributed by atoms with Crippen molar-refractivity contribution in [1.82, 2.24) is 0 Å². The predicted octanol–water partition coefficient (Wildman–Crippen LogP) is 25.3. The molecule has 0 rings (SSSR count). The van der Waals surface area contributed by atoms with E-state index in [0.717, 1.165) is 70.6 Å². The minimum absolute atomic E-state index is 0.0680. The van der Waals surface area contributed by atoms with E-state index in [1.807, 2.05) is 0 Å². The van der Waals surface area contributed by atoms with Gasteiger partial charge >= 0.3 is 17.9 Å². The molecule has 0 aliphatic carbocycles. The summed E-state index contributed by atoms with van der Waals surface area (Å²) in [6.45, 7) is 6.69. The Balaban J connectivity index is 4.19. The first kappa shape index (κ1) is 79.4. The molecule has 0 N–H and O–H groups in total.